The molecule has 0 radical (unpaired) electrons. The van der Waals surface area contributed by atoms with E-state index in [1.807, 2.05) is 0 Å². The van der Waals surface area contributed by atoms with E-state index in [0.29, 0.717) is 17.5 Å². The van der Waals surface area contributed by atoms with Crippen LogP contribution < -0.4 is 4.90 Å². The second-order valence-corrected chi connectivity index (χ2v) is 6.86. The van der Waals surface area contributed by atoms with E-state index in [-0.39, 0.29) is 35.5 Å². The molecule has 3 fully saturated rings. The molecule has 6 atom stereocenters. The van der Waals surface area contributed by atoms with Gasteiger partial charge in [0.15, 0.2) is 0 Å². The molecular formula is C19H15NO2. The zero-order valence-electron chi connectivity index (χ0n) is 12.0. The number of benzene rings is 1. The smallest absolute Gasteiger partial charge is 0.238 e. The second kappa shape index (κ2) is 3.89. The Bertz CT molecular complexity index is 734. The van der Waals surface area contributed by atoms with Gasteiger partial charge < -0.3 is 0 Å². The molecular weight excluding hydrogens is 274 g/mol. The highest BCUT2D eigenvalue weighted by molar-refractivity contribution is 6.22. The highest BCUT2D eigenvalue weighted by atomic mass is 16.2. The highest BCUT2D eigenvalue weighted by Crippen LogP contribution is 2.65. The van der Waals surface area contributed by atoms with Gasteiger partial charge in [0, 0.05) is 5.56 Å². The first-order chi connectivity index (χ1) is 10.7. The van der Waals surface area contributed by atoms with Gasteiger partial charge in [0.2, 0.25) is 11.8 Å². The van der Waals surface area contributed by atoms with Crippen molar-refractivity contribution in [1.29, 1.82) is 0 Å². The lowest BCUT2D eigenvalue weighted by atomic mass is 9.63. The number of amides is 2. The largest absolute Gasteiger partial charge is 0.274 e. The average Bonchev–Trinajstić information content (AvgIpc) is 3.32. The third-order valence-corrected chi connectivity index (χ3v) is 5.95. The Kier molecular flexibility index (Phi) is 2.16. The minimum Gasteiger partial charge on any atom is -0.274 e. The molecule has 6 rings (SSSR count). The van der Waals surface area contributed by atoms with Gasteiger partial charge in [-0.25, -0.2) is 0 Å². The van der Waals surface area contributed by atoms with Gasteiger partial charge in [0.1, 0.15) is 0 Å². The van der Waals surface area contributed by atoms with E-state index in [1.165, 1.54) is 11.3 Å². The molecule has 2 bridgehead atoms. The summed E-state index contributed by atoms with van der Waals surface area (Å²) in [5.41, 5.74) is 1.40. The molecule has 0 spiro atoms. The van der Waals surface area contributed by atoms with Gasteiger partial charge in [-0.3, -0.25) is 14.5 Å². The Morgan fingerprint density at radius 2 is 1.50 bits per heavy atom. The van der Waals surface area contributed by atoms with Crippen molar-refractivity contribution < 1.29 is 9.59 Å². The van der Waals surface area contributed by atoms with Crippen LogP contribution in [-0.2, 0) is 9.59 Å². The van der Waals surface area contributed by atoms with Crippen LogP contribution in [0.3, 0.4) is 0 Å². The maximum atomic E-state index is 12.9. The van der Waals surface area contributed by atoms with Crippen LogP contribution in [0.5, 0.6) is 0 Å². The first kappa shape index (κ1) is 12.2. The van der Waals surface area contributed by atoms with Crippen molar-refractivity contribution in [3.05, 3.63) is 42.0 Å². The topological polar surface area (TPSA) is 37.4 Å². The van der Waals surface area contributed by atoms with Crippen LogP contribution in [0.4, 0.5) is 5.69 Å². The van der Waals surface area contributed by atoms with Gasteiger partial charge in [-0.05, 0) is 54.4 Å². The Morgan fingerprint density at radius 1 is 0.955 bits per heavy atom. The Labute approximate surface area is 129 Å². The molecule has 108 valence electrons. The fourth-order valence-electron chi connectivity index (χ4n) is 4.92. The number of hydrogen-bond donors (Lipinski definition) is 0. The number of carbonyl (C=O) groups is 2. The molecule has 1 heterocycles. The van der Waals surface area contributed by atoms with E-state index >= 15 is 0 Å². The molecule has 1 aromatic carbocycles. The molecule has 22 heavy (non-hydrogen) atoms. The van der Waals surface area contributed by atoms with Crippen LogP contribution in [0.1, 0.15) is 12.0 Å². The van der Waals surface area contributed by atoms with Crippen LogP contribution in [0, 0.1) is 47.9 Å². The zero-order valence-corrected chi connectivity index (χ0v) is 12.0. The van der Waals surface area contributed by atoms with Crippen molar-refractivity contribution in [3.63, 3.8) is 0 Å². The summed E-state index contributed by atoms with van der Waals surface area (Å²) in [4.78, 5) is 27.2. The van der Waals surface area contributed by atoms with Crippen LogP contribution >= 0.6 is 0 Å². The third-order valence-electron chi connectivity index (χ3n) is 5.95. The molecule has 5 aliphatic rings. The van der Waals surface area contributed by atoms with Gasteiger partial charge in [-0.2, -0.15) is 0 Å². The summed E-state index contributed by atoms with van der Waals surface area (Å²) in [6.07, 6.45) is 10.9. The molecule has 0 N–H and O–H groups in total. The molecule has 3 nitrogen and oxygen atoms in total. The van der Waals surface area contributed by atoms with E-state index in [2.05, 4.69) is 18.1 Å². The predicted molar refractivity (Wildman–Crippen MR) is 81.6 cm³/mol. The summed E-state index contributed by atoms with van der Waals surface area (Å²) in [6, 6.07) is 7.11. The van der Waals surface area contributed by atoms with Crippen LogP contribution in [0.25, 0.3) is 0 Å². The van der Waals surface area contributed by atoms with Crippen molar-refractivity contribution in [3.8, 4) is 12.3 Å². The molecule has 4 aliphatic carbocycles. The quantitative estimate of drug-likeness (QED) is 0.452. The molecule has 3 heteroatoms. The average molecular weight is 289 g/mol. The van der Waals surface area contributed by atoms with Crippen LogP contribution in [0.15, 0.2) is 36.4 Å². The van der Waals surface area contributed by atoms with Crippen molar-refractivity contribution in [1.82, 2.24) is 0 Å². The number of nitrogens with zero attached hydrogens (tertiary/aromatic N) is 1. The minimum absolute atomic E-state index is 0.0202. The maximum absolute atomic E-state index is 12.9. The fourth-order valence-corrected chi connectivity index (χ4v) is 4.92. The summed E-state index contributed by atoms with van der Waals surface area (Å²) in [5, 5.41) is 0. The lowest BCUT2D eigenvalue weighted by molar-refractivity contribution is -0.124. The van der Waals surface area contributed by atoms with E-state index < -0.39 is 0 Å². The van der Waals surface area contributed by atoms with Gasteiger partial charge in [-0.15, -0.1) is 6.42 Å². The zero-order chi connectivity index (χ0) is 15.0. The highest BCUT2D eigenvalue weighted by Gasteiger charge is 2.67. The third kappa shape index (κ3) is 1.33. The van der Waals surface area contributed by atoms with E-state index in [0.717, 1.165) is 5.56 Å². The van der Waals surface area contributed by atoms with Crippen LogP contribution in [-0.4, -0.2) is 11.8 Å². The molecule has 1 aromatic rings. The number of anilines is 1. The lowest BCUT2D eigenvalue weighted by Crippen LogP contribution is -2.40. The lowest BCUT2D eigenvalue weighted by Gasteiger charge is -2.37. The number of carbonyl (C=O) groups excluding carboxylic acids is 2. The first-order valence-electron chi connectivity index (χ1n) is 7.83. The Balaban J connectivity index is 1.56. The van der Waals surface area contributed by atoms with Gasteiger partial charge >= 0.3 is 0 Å². The molecule has 0 aromatic heterocycles. The van der Waals surface area contributed by atoms with E-state index in [9.17, 15) is 9.59 Å². The number of hydrogen-bond acceptors (Lipinski definition) is 2. The number of terminal acetylenes is 1. The Morgan fingerprint density at radius 3 is 2.00 bits per heavy atom. The van der Waals surface area contributed by atoms with Gasteiger partial charge in [0.05, 0.1) is 17.5 Å². The number of imide groups is 1. The normalized spacial score (nSPS) is 40.4. The van der Waals surface area contributed by atoms with Crippen molar-refractivity contribution >= 4 is 17.5 Å². The summed E-state index contributed by atoms with van der Waals surface area (Å²) in [6.45, 7) is 0. The fraction of sp³-hybridized carbons (Fsp3) is 0.368. The van der Waals surface area contributed by atoms with Crippen molar-refractivity contribution in [2.75, 3.05) is 4.90 Å². The van der Waals surface area contributed by atoms with E-state index in [1.54, 1.807) is 24.3 Å². The molecule has 2 amide bonds. The SMILES string of the molecule is C#Cc1ccc(N2C(=O)C3C(C2=O)C2C=CC3[C@H]3C[C@@H]23)cc1. The van der Waals surface area contributed by atoms with E-state index in [4.69, 9.17) is 6.42 Å². The summed E-state index contributed by atoms with van der Waals surface area (Å²) < 4.78 is 0. The van der Waals surface area contributed by atoms with Crippen LogP contribution in [0.2, 0.25) is 0 Å². The molecule has 1 aliphatic heterocycles. The molecule has 4 unspecified atom stereocenters. The molecule has 2 saturated carbocycles. The minimum atomic E-state index is -0.140. The maximum Gasteiger partial charge on any atom is 0.238 e. The number of allylic oxidation sites excluding steroid dienone is 2. The summed E-state index contributed by atoms with van der Waals surface area (Å²) >= 11 is 0. The van der Waals surface area contributed by atoms with Gasteiger partial charge in [-0.1, -0.05) is 18.1 Å². The Hall–Kier alpha value is -2.34. The number of rotatable bonds is 1. The standard InChI is InChI=1S/C19H15NO2/c1-2-10-3-5-11(6-4-10)20-18(21)16-12-7-8-13(15-9-14(12)15)17(16)19(20)22/h1,3-8,12-17H,9H2/t12?,13?,14-,15+,16?,17?. The van der Waals surface area contributed by atoms with Crippen molar-refractivity contribution in [2.24, 2.45) is 35.5 Å². The monoisotopic (exact) mass is 289 g/mol. The summed E-state index contributed by atoms with van der Waals surface area (Å²) in [7, 11) is 0. The first-order valence-corrected chi connectivity index (χ1v) is 7.83. The summed E-state index contributed by atoms with van der Waals surface area (Å²) in [5.74, 6) is 4.05. The second-order valence-electron chi connectivity index (χ2n) is 6.86. The van der Waals surface area contributed by atoms with Gasteiger partial charge in [0.25, 0.3) is 0 Å². The van der Waals surface area contributed by atoms with Crippen molar-refractivity contribution in [2.45, 2.75) is 6.42 Å². The molecule has 1 saturated heterocycles. The predicted octanol–water partition coefficient (Wildman–Crippen LogP) is 2.23.